The lowest BCUT2D eigenvalue weighted by atomic mass is 9.70. The Morgan fingerprint density at radius 3 is 1.29 bits per heavy atom. The first-order chi connectivity index (χ1) is 28.4. The molecule has 0 unspecified atom stereocenters. The number of nitrogens with zero attached hydrogens (tertiary/aromatic N) is 1. The van der Waals surface area contributed by atoms with Crippen molar-refractivity contribution in [2.45, 2.75) is 57.8 Å². The van der Waals surface area contributed by atoms with E-state index in [2.05, 4.69) is 244 Å². The molecule has 2 aliphatic carbocycles. The van der Waals surface area contributed by atoms with Crippen molar-refractivity contribution >= 4 is 33.0 Å². The lowest BCUT2D eigenvalue weighted by Crippen LogP contribution is -2.25. The zero-order valence-electron chi connectivity index (χ0n) is 34.6. The average Bonchev–Trinajstić information content (AvgIpc) is 3.71. The summed E-state index contributed by atoms with van der Waals surface area (Å²) < 4.78 is 1.06. The van der Waals surface area contributed by atoms with E-state index in [-0.39, 0.29) is 10.8 Å². The minimum atomic E-state index is -0.406. The van der Waals surface area contributed by atoms with Crippen molar-refractivity contribution in [3.8, 4) is 44.5 Å². The Morgan fingerprint density at radius 2 is 0.797 bits per heavy atom. The topological polar surface area (TPSA) is 3.24 Å². The maximum atomic E-state index is 4.00. The Labute approximate surface area is 358 Å². The van der Waals surface area contributed by atoms with E-state index in [0.29, 0.717) is 0 Å². The van der Waals surface area contributed by atoms with E-state index in [0.717, 1.165) is 21.5 Å². The van der Waals surface area contributed by atoms with Crippen LogP contribution in [0.15, 0.2) is 186 Å². The normalized spacial score (nSPS) is 13.5. The second-order valence-corrected chi connectivity index (χ2v) is 19.2. The molecule has 288 valence electrons. The van der Waals surface area contributed by atoms with Gasteiger partial charge in [0.25, 0.3) is 0 Å². The Balaban J connectivity index is 1.32. The van der Waals surface area contributed by atoms with Crippen molar-refractivity contribution in [1.82, 2.24) is 0 Å². The van der Waals surface area contributed by atoms with Gasteiger partial charge < -0.3 is 4.90 Å². The van der Waals surface area contributed by atoms with Gasteiger partial charge in [-0.15, -0.1) is 0 Å². The molecule has 0 saturated heterocycles. The molecule has 8 aromatic rings. The summed E-state index contributed by atoms with van der Waals surface area (Å²) in [5.41, 5.74) is 20.8. The van der Waals surface area contributed by atoms with Crippen LogP contribution in [0.1, 0.15) is 74.9 Å². The van der Waals surface area contributed by atoms with Crippen LogP contribution in [0.25, 0.3) is 44.5 Å². The van der Waals surface area contributed by atoms with Crippen LogP contribution in [-0.4, -0.2) is 0 Å². The molecule has 0 atom stereocenters. The molecular weight excluding hydrogens is 779 g/mol. The number of hydrogen-bond donors (Lipinski definition) is 0. The standard InChI is InChI=1S/C57H48BrN/c1-55(2,3)39-31-41(58)35-43(32-39)59(54-47(37-19-9-7-10-20-37)33-40(56(4,5)6)34-48(54)38-21-11-8-12-22-38)42-29-30-53-49(36-42)46-25-15-18-28-52(46)57(53)50-26-16-13-23-44(50)45-24-14-17-27-51(45)57/h7-36H,1-6H3. The second kappa shape index (κ2) is 13.8. The summed E-state index contributed by atoms with van der Waals surface area (Å²) >= 11 is 4.00. The van der Waals surface area contributed by atoms with Crippen LogP contribution in [0.3, 0.4) is 0 Å². The molecule has 0 fully saturated rings. The van der Waals surface area contributed by atoms with Crippen molar-refractivity contribution in [3.63, 3.8) is 0 Å². The Hall–Kier alpha value is -5.96. The van der Waals surface area contributed by atoms with Crippen LogP contribution in [0.2, 0.25) is 0 Å². The van der Waals surface area contributed by atoms with E-state index in [9.17, 15) is 0 Å². The third-order valence-corrected chi connectivity index (χ3v) is 13.1. The molecule has 1 nitrogen and oxygen atoms in total. The molecule has 2 heteroatoms. The molecule has 1 spiro atoms. The first kappa shape index (κ1) is 37.3. The number of rotatable bonds is 5. The minimum absolute atomic E-state index is 0.0721. The van der Waals surface area contributed by atoms with E-state index in [1.165, 1.54) is 77.9 Å². The fraction of sp³-hybridized carbons (Fsp3) is 0.158. The van der Waals surface area contributed by atoms with E-state index in [1.54, 1.807) is 0 Å². The number of fused-ring (bicyclic) bond motifs is 10. The largest absolute Gasteiger partial charge is 0.309 e. The van der Waals surface area contributed by atoms with Gasteiger partial charge in [-0.1, -0.05) is 197 Å². The van der Waals surface area contributed by atoms with Crippen molar-refractivity contribution in [2.75, 3.05) is 4.90 Å². The summed E-state index contributed by atoms with van der Waals surface area (Å²) in [5, 5.41) is 0. The van der Waals surface area contributed by atoms with Crippen LogP contribution >= 0.6 is 15.9 Å². The maximum absolute atomic E-state index is 4.00. The van der Waals surface area contributed by atoms with Crippen LogP contribution < -0.4 is 4.90 Å². The summed E-state index contributed by atoms with van der Waals surface area (Å²) in [4.78, 5) is 2.54. The van der Waals surface area contributed by atoms with Gasteiger partial charge in [0.1, 0.15) is 0 Å². The summed E-state index contributed by atoms with van der Waals surface area (Å²) in [5.74, 6) is 0. The monoisotopic (exact) mass is 825 g/mol. The average molecular weight is 827 g/mol. The molecule has 0 N–H and O–H groups in total. The molecule has 0 radical (unpaired) electrons. The van der Waals surface area contributed by atoms with E-state index >= 15 is 0 Å². The van der Waals surface area contributed by atoms with Crippen LogP contribution in [0.4, 0.5) is 17.1 Å². The molecule has 0 aromatic heterocycles. The highest BCUT2D eigenvalue weighted by Gasteiger charge is 2.51. The quantitative estimate of drug-likeness (QED) is 0.167. The molecule has 0 saturated carbocycles. The lowest BCUT2D eigenvalue weighted by Gasteiger charge is -2.34. The van der Waals surface area contributed by atoms with E-state index < -0.39 is 5.41 Å². The Bertz CT molecular complexity index is 2800. The molecule has 8 aromatic carbocycles. The molecule has 59 heavy (non-hydrogen) atoms. The number of hydrogen-bond acceptors (Lipinski definition) is 1. The zero-order chi connectivity index (χ0) is 40.7. The zero-order valence-corrected chi connectivity index (χ0v) is 36.2. The molecular formula is C57H48BrN. The van der Waals surface area contributed by atoms with Crippen LogP contribution in [-0.2, 0) is 16.2 Å². The molecule has 0 heterocycles. The van der Waals surface area contributed by atoms with Gasteiger partial charge in [0.05, 0.1) is 11.1 Å². The van der Waals surface area contributed by atoms with Crippen molar-refractivity contribution in [2.24, 2.45) is 0 Å². The number of anilines is 3. The minimum Gasteiger partial charge on any atom is -0.309 e. The SMILES string of the molecule is CC(C)(C)c1cc(Br)cc(N(c2ccc3c(c2)-c2ccccc2C32c3ccccc3-c3ccccc32)c2c(-c3ccccc3)cc(C(C)(C)C)cc2-c2ccccc2)c1. The summed E-state index contributed by atoms with van der Waals surface area (Å²) in [6, 6.07) is 68.3. The highest BCUT2D eigenvalue weighted by molar-refractivity contribution is 9.10. The second-order valence-electron chi connectivity index (χ2n) is 18.3. The van der Waals surface area contributed by atoms with Crippen molar-refractivity contribution < 1.29 is 0 Å². The fourth-order valence-electron chi connectivity index (χ4n) is 9.75. The third kappa shape index (κ3) is 5.95. The van der Waals surface area contributed by atoms with E-state index in [1.807, 2.05) is 0 Å². The third-order valence-electron chi connectivity index (χ3n) is 12.6. The number of halogens is 1. The van der Waals surface area contributed by atoms with Gasteiger partial charge in [-0.3, -0.25) is 0 Å². The first-order valence-corrected chi connectivity index (χ1v) is 21.6. The molecule has 0 aliphatic heterocycles. The van der Waals surface area contributed by atoms with Gasteiger partial charge in [-0.05, 0) is 120 Å². The van der Waals surface area contributed by atoms with Crippen molar-refractivity contribution in [1.29, 1.82) is 0 Å². The lowest BCUT2D eigenvalue weighted by molar-refractivity contribution is 0.589. The smallest absolute Gasteiger partial charge is 0.0725 e. The number of benzene rings is 8. The van der Waals surface area contributed by atoms with Gasteiger partial charge in [0, 0.05) is 27.0 Å². The van der Waals surface area contributed by atoms with Crippen LogP contribution in [0, 0.1) is 0 Å². The van der Waals surface area contributed by atoms with Gasteiger partial charge in [0.2, 0.25) is 0 Å². The van der Waals surface area contributed by atoms with Gasteiger partial charge in [-0.2, -0.15) is 0 Å². The van der Waals surface area contributed by atoms with Crippen molar-refractivity contribution in [3.05, 3.63) is 220 Å². The summed E-state index contributed by atoms with van der Waals surface area (Å²) in [6.07, 6.45) is 0. The predicted octanol–water partition coefficient (Wildman–Crippen LogP) is 16.2. The van der Waals surface area contributed by atoms with Gasteiger partial charge >= 0.3 is 0 Å². The maximum Gasteiger partial charge on any atom is 0.0725 e. The Kier molecular flexibility index (Phi) is 8.74. The molecule has 0 amide bonds. The molecule has 0 bridgehead atoms. The van der Waals surface area contributed by atoms with Gasteiger partial charge in [-0.25, -0.2) is 0 Å². The van der Waals surface area contributed by atoms with E-state index in [4.69, 9.17) is 0 Å². The van der Waals surface area contributed by atoms with Gasteiger partial charge in [0.15, 0.2) is 0 Å². The molecule has 10 rings (SSSR count). The molecule has 2 aliphatic rings. The highest BCUT2D eigenvalue weighted by Crippen LogP contribution is 2.63. The predicted molar refractivity (Wildman–Crippen MR) is 253 cm³/mol. The summed E-state index contributed by atoms with van der Waals surface area (Å²) in [6.45, 7) is 13.9. The summed E-state index contributed by atoms with van der Waals surface area (Å²) in [7, 11) is 0. The highest BCUT2D eigenvalue weighted by atomic mass is 79.9. The fourth-order valence-corrected chi connectivity index (χ4v) is 10.2. The Morgan fingerprint density at radius 1 is 0.373 bits per heavy atom. The van der Waals surface area contributed by atoms with Crippen LogP contribution in [0.5, 0.6) is 0 Å². The first-order valence-electron chi connectivity index (χ1n) is 20.8.